The lowest BCUT2D eigenvalue weighted by Gasteiger charge is -2.46. The number of aryl methyl sites for hydroxylation is 1. The lowest BCUT2D eigenvalue weighted by Crippen LogP contribution is -2.64. The molecule has 2 aromatic heterocycles. The Morgan fingerprint density at radius 3 is 2.73 bits per heavy atom. The molecule has 2 saturated heterocycles. The van der Waals surface area contributed by atoms with Crippen LogP contribution in [0.5, 0.6) is 0 Å². The molecule has 4 heterocycles. The summed E-state index contributed by atoms with van der Waals surface area (Å²) in [6.45, 7) is 2.05. The fourth-order valence-electron chi connectivity index (χ4n) is 3.78. The molecule has 0 radical (unpaired) electrons. The van der Waals surface area contributed by atoms with E-state index < -0.39 is 0 Å². The molecule has 2 aromatic rings. The maximum Gasteiger partial charge on any atom is 0.274 e. The number of anilines is 1. The number of nitrogens with zero attached hydrogens (tertiary/aromatic N) is 7. The molecule has 2 amide bonds. The van der Waals surface area contributed by atoms with Crippen LogP contribution in [0.25, 0.3) is 0 Å². The average molecular weight is 355 g/mol. The molecule has 136 valence electrons. The Balaban J connectivity index is 1.56. The van der Waals surface area contributed by atoms with Crippen molar-refractivity contribution in [3.8, 4) is 0 Å². The second kappa shape index (κ2) is 6.17. The van der Waals surface area contributed by atoms with Crippen molar-refractivity contribution in [3.05, 3.63) is 36.7 Å². The first-order valence-corrected chi connectivity index (χ1v) is 8.54. The van der Waals surface area contributed by atoms with Crippen LogP contribution in [0.2, 0.25) is 0 Å². The summed E-state index contributed by atoms with van der Waals surface area (Å²) in [7, 11) is 3.78. The van der Waals surface area contributed by atoms with Crippen LogP contribution in [0.3, 0.4) is 0 Å². The zero-order chi connectivity index (χ0) is 18.3. The minimum absolute atomic E-state index is 0.0461. The van der Waals surface area contributed by atoms with Crippen LogP contribution in [0, 0.1) is 0 Å². The van der Waals surface area contributed by atoms with E-state index in [9.17, 15) is 9.59 Å². The molecule has 2 aliphatic heterocycles. The van der Waals surface area contributed by atoms with Crippen molar-refractivity contribution in [2.24, 2.45) is 7.05 Å². The molecular weight excluding hydrogens is 334 g/mol. The maximum absolute atomic E-state index is 12.7. The number of carbonyl (C=O) groups is 2. The molecule has 1 spiro atoms. The van der Waals surface area contributed by atoms with Gasteiger partial charge in [0.25, 0.3) is 5.91 Å². The highest BCUT2D eigenvalue weighted by Gasteiger charge is 2.49. The fraction of sp³-hybridized carbons (Fsp3) is 0.471. The third kappa shape index (κ3) is 2.74. The summed E-state index contributed by atoms with van der Waals surface area (Å²) in [6.07, 6.45) is 8.91. The quantitative estimate of drug-likeness (QED) is 0.740. The van der Waals surface area contributed by atoms with Crippen LogP contribution in [0.1, 0.15) is 16.9 Å². The lowest BCUT2D eigenvalue weighted by molar-refractivity contribution is -0.123. The van der Waals surface area contributed by atoms with Gasteiger partial charge < -0.3 is 9.80 Å². The molecular formula is C17H21N7O2. The van der Waals surface area contributed by atoms with Gasteiger partial charge in [0.1, 0.15) is 5.69 Å². The third-order valence-electron chi connectivity index (χ3n) is 5.34. The number of amides is 2. The predicted octanol–water partition coefficient (Wildman–Crippen LogP) is -0.227. The standard InChI is InChI=1S/C17H21N7O2/c1-21-10-15(25)24(13-7-20-22(2)9-13)12-17(21)3-6-23(11-17)16(26)14-8-18-4-5-19-14/h4-5,7-9H,3,6,10-12H2,1-2H3/t17-/m0/s1. The number of carbonyl (C=O) groups excluding carboxylic acids is 2. The number of aromatic nitrogens is 4. The highest BCUT2D eigenvalue weighted by molar-refractivity contribution is 5.96. The molecule has 0 bridgehead atoms. The summed E-state index contributed by atoms with van der Waals surface area (Å²) >= 11 is 0. The third-order valence-corrected chi connectivity index (χ3v) is 5.34. The molecule has 2 aliphatic rings. The largest absolute Gasteiger partial charge is 0.335 e. The summed E-state index contributed by atoms with van der Waals surface area (Å²) < 4.78 is 1.69. The van der Waals surface area contributed by atoms with E-state index in [-0.39, 0.29) is 17.4 Å². The summed E-state index contributed by atoms with van der Waals surface area (Å²) in [6, 6.07) is 0. The van der Waals surface area contributed by atoms with Gasteiger partial charge >= 0.3 is 0 Å². The van der Waals surface area contributed by atoms with Crippen LogP contribution in [0.4, 0.5) is 5.69 Å². The molecule has 4 rings (SSSR count). The van der Waals surface area contributed by atoms with Gasteiger partial charge in [-0.15, -0.1) is 0 Å². The Morgan fingerprint density at radius 1 is 1.19 bits per heavy atom. The highest BCUT2D eigenvalue weighted by atomic mass is 16.2. The van der Waals surface area contributed by atoms with Gasteiger partial charge in [-0.2, -0.15) is 5.10 Å². The normalized spacial score (nSPS) is 23.8. The van der Waals surface area contributed by atoms with Crippen LogP contribution in [-0.4, -0.2) is 80.1 Å². The lowest BCUT2D eigenvalue weighted by atomic mass is 9.93. The van der Waals surface area contributed by atoms with Crippen LogP contribution in [-0.2, 0) is 11.8 Å². The molecule has 0 unspecified atom stereocenters. The summed E-state index contributed by atoms with van der Waals surface area (Å²) in [4.78, 5) is 39.0. The minimum Gasteiger partial charge on any atom is -0.335 e. The SMILES string of the molecule is CN1CC(=O)N(c2cnn(C)c2)C[C@@]12CCN(C(=O)c1cnccn1)C2. The number of hydrogen-bond donors (Lipinski definition) is 0. The van der Waals surface area contributed by atoms with Gasteiger partial charge in [0.05, 0.1) is 30.2 Å². The molecule has 0 N–H and O–H groups in total. The topological polar surface area (TPSA) is 87.5 Å². The molecule has 26 heavy (non-hydrogen) atoms. The van der Waals surface area contributed by atoms with E-state index in [4.69, 9.17) is 0 Å². The zero-order valence-electron chi connectivity index (χ0n) is 14.9. The van der Waals surface area contributed by atoms with E-state index in [0.29, 0.717) is 31.9 Å². The van der Waals surface area contributed by atoms with Gasteiger partial charge in [-0.3, -0.25) is 24.2 Å². The van der Waals surface area contributed by atoms with Crippen molar-refractivity contribution in [2.45, 2.75) is 12.0 Å². The number of likely N-dealkylation sites (tertiary alicyclic amines) is 1. The van der Waals surface area contributed by atoms with E-state index in [1.54, 1.807) is 26.9 Å². The van der Waals surface area contributed by atoms with Crippen LogP contribution >= 0.6 is 0 Å². The van der Waals surface area contributed by atoms with Gasteiger partial charge in [0, 0.05) is 45.3 Å². The zero-order valence-corrected chi connectivity index (χ0v) is 14.9. The molecule has 9 nitrogen and oxygen atoms in total. The smallest absolute Gasteiger partial charge is 0.274 e. The van der Waals surface area contributed by atoms with Crippen LogP contribution < -0.4 is 4.90 Å². The number of likely N-dealkylation sites (N-methyl/N-ethyl adjacent to an activating group) is 1. The Bertz CT molecular complexity index is 837. The monoisotopic (exact) mass is 355 g/mol. The fourth-order valence-corrected chi connectivity index (χ4v) is 3.78. The van der Waals surface area contributed by atoms with Crippen LogP contribution in [0.15, 0.2) is 31.0 Å². The summed E-state index contributed by atoms with van der Waals surface area (Å²) in [5.74, 6) is -0.0713. The molecule has 0 saturated carbocycles. The molecule has 1 atom stereocenters. The first-order valence-electron chi connectivity index (χ1n) is 8.54. The molecule has 0 aromatic carbocycles. The Labute approximate surface area is 151 Å². The molecule has 2 fully saturated rings. The van der Waals surface area contributed by atoms with Gasteiger partial charge in [-0.05, 0) is 13.5 Å². The second-order valence-corrected chi connectivity index (χ2v) is 7.00. The molecule has 0 aliphatic carbocycles. The van der Waals surface area contributed by atoms with Crippen molar-refractivity contribution >= 4 is 17.5 Å². The number of rotatable bonds is 2. The van der Waals surface area contributed by atoms with Gasteiger partial charge in [-0.25, -0.2) is 4.98 Å². The van der Waals surface area contributed by atoms with E-state index in [1.165, 1.54) is 12.4 Å². The second-order valence-electron chi connectivity index (χ2n) is 7.00. The Kier molecular flexibility index (Phi) is 3.95. The summed E-state index contributed by atoms with van der Waals surface area (Å²) in [5, 5.41) is 4.17. The number of hydrogen-bond acceptors (Lipinski definition) is 6. The van der Waals surface area contributed by atoms with Gasteiger partial charge in [-0.1, -0.05) is 0 Å². The maximum atomic E-state index is 12.7. The Morgan fingerprint density at radius 2 is 2.04 bits per heavy atom. The molecule has 9 heteroatoms. The summed E-state index contributed by atoms with van der Waals surface area (Å²) in [5.41, 5.74) is 0.883. The van der Waals surface area contributed by atoms with Gasteiger partial charge in [0.2, 0.25) is 5.91 Å². The minimum atomic E-state index is -0.262. The van der Waals surface area contributed by atoms with E-state index >= 15 is 0 Å². The number of piperazine rings is 1. The van der Waals surface area contributed by atoms with Crippen molar-refractivity contribution in [3.63, 3.8) is 0 Å². The van der Waals surface area contributed by atoms with E-state index in [0.717, 1.165) is 12.1 Å². The van der Waals surface area contributed by atoms with Crippen molar-refractivity contribution in [1.29, 1.82) is 0 Å². The van der Waals surface area contributed by atoms with Crippen molar-refractivity contribution < 1.29 is 9.59 Å². The van der Waals surface area contributed by atoms with Gasteiger partial charge in [0.15, 0.2) is 0 Å². The first-order chi connectivity index (χ1) is 12.5. The van der Waals surface area contributed by atoms with E-state index in [2.05, 4.69) is 20.0 Å². The van der Waals surface area contributed by atoms with E-state index in [1.807, 2.05) is 20.3 Å². The first kappa shape index (κ1) is 16.6. The Hall–Kier alpha value is -2.81. The predicted molar refractivity (Wildman–Crippen MR) is 93.5 cm³/mol. The van der Waals surface area contributed by atoms with Crippen molar-refractivity contribution in [1.82, 2.24) is 29.5 Å². The van der Waals surface area contributed by atoms with Crippen molar-refractivity contribution in [2.75, 3.05) is 38.1 Å². The average Bonchev–Trinajstić information content (AvgIpc) is 3.26. The highest BCUT2D eigenvalue weighted by Crippen LogP contribution is 2.33.